The molecule has 118 valence electrons. The van der Waals surface area contributed by atoms with E-state index in [2.05, 4.69) is 5.32 Å². The van der Waals surface area contributed by atoms with Crippen molar-refractivity contribution >= 4 is 11.9 Å². The smallest absolute Gasteiger partial charge is 0.309 e. The van der Waals surface area contributed by atoms with Crippen molar-refractivity contribution in [3.8, 4) is 0 Å². The summed E-state index contributed by atoms with van der Waals surface area (Å²) in [4.78, 5) is 23.5. The highest BCUT2D eigenvalue weighted by atomic mass is 19.1. The lowest BCUT2D eigenvalue weighted by Crippen LogP contribution is -2.70. The van der Waals surface area contributed by atoms with Crippen LogP contribution in [0.3, 0.4) is 0 Å². The van der Waals surface area contributed by atoms with Crippen molar-refractivity contribution < 1.29 is 23.8 Å². The second-order valence-electron chi connectivity index (χ2n) is 6.43. The van der Waals surface area contributed by atoms with Crippen LogP contribution in [0.4, 0.5) is 4.39 Å². The molecule has 1 unspecified atom stereocenters. The van der Waals surface area contributed by atoms with Gasteiger partial charge in [-0.15, -0.1) is 0 Å². The van der Waals surface area contributed by atoms with Crippen molar-refractivity contribution in [1.29, 1.82) is 0 Å². The minimum Gasteiger partial charge on any atom is -0.481 e. The normalized spacial score (nSPS) is 29.9. The van der Waals surface area contributed by atoms with Gasteiger partial charge in [-0.05, 0) is 37.0 Å². The molecule has 1 aromatic rings. The number of ether oxygens (including phenoxy) is 1. The highest BCUT2D eigenvalue weighted by Crippen LogP contribution is 2.73. The SMILES string of the molecule is COCC(NC(=O)C12CC(C(=O)O)(C1)C2)c1ccc(F)cc1. The fourth-order valence-corrected chi connectivity index (χ4v) is 3.65. The van der Waals surface area contributed by atoms with E-state index in [1.54, 1.807) is 12.1 Å². The van der Waals surface area contributed by atoms with Gasteiger partial charge in [-0.2, -0.15) is 0 Å². The molecule has 3 fully saturated rings. The van der Waals surface area contributed by atoms with Crippen molar-refractivity contribution in [2.75, 3.05) is 13.7 Å². The van der Waals surface area contributed by atoms with Gasteiger partial charge in [0.2, 0.25) is 5.91 Å². The number of hydrogen-bond acceptors (Lipinski definition) is 3. The second-order valence-corrected chi connectivity index (χ2v) is 6.43. The van der Waals surface area contributed by atoms with Crippen LogP contribution in [0.25, 0.3) is 0 Å². The van der Waals surface area contributed by atoms with E-state index in [0.29, 0.717) is 19.3 Å². The van der Waals surface area contributed by atoms with Crippen LogP contribution in [0.15, 0.2) is 24.3 Å². The molecule has 0 radical (unpaired) electrons. The lowest BCUT2D eigenvalue weighted by molar-refractivity contribution is -0.221. The van der Waals surface area contributed by atoms with E-state index in [1.165, 1.54) is 19.2 Å². The summed E-state index contributed by atoms with van der Waals surface area (Å²) in [7, 11) is 1.53. The fourth-order valence-electron chi connectivity index (χ4n) is 3.65. The first kappa shape index (κ1) is 15.0. The number of carboxylic acids is 1. The van der Waals surface area contributed by atoms with Gasteiger partial charge in [0.25, 0.3) is 0 Å². The van der Waals surface area contributed by atoms with E-state index < -0.39 is 16.8 Å². The average molecular weight is 307 g/mol. The zero-order chi connectivity index (χ0) is 16.0. The first-order valence-electron chi connectivity index (χ1n) is 7.20. The maximum Gasteiger partial charge on any atom is 0.309 e. The Kier molecular flexibility index (Phi) is 3.44. The van der Waals surface area contributed by atoms with Crippen molar-refractivity contribution in [3.05, 3.63) is 35.6 Å². The highest BCUT2D eigenvalue weighted by molar-refractivity contribution is 5.93. The zero-order valence-electron chi connectivity index (χ0n) is 12.3. The molecule has 3 aliphatic rings. The van der Waals surface area contributed by atoms with Crippen molar-refractivity contribution in [2.45, 2.75) is 25.3 Å². The fraction of sp³-hybridized carbons (Fsp3) is 0.500. The van der Waals surface area contributed by atoms with E-state index in [0.717, 1.165) is 5.56 Å². The average Bonchev–Trinajstić information content (AvgIpc) is 2.35. The number of carboxylic acid groups (broad SMARTS) is 1. The van der Waals surface area contributed by atoms with Gasteiger partial charge in [0, 0.05) is 7.11 Å². The van der Waals surface area contributed by atoms with Crippen LogP contribution < -0.4 is 5.32 Å². The molecule has 0 saturated heterocycles. The van der Waals surface area contributed by atoms with Gasteiger partial charge in [-0.25, -0.2) is 4.39 Å². The summed E-state index contributed by atoms with van der Waals surface area (Å²) in [6.07, 6.45) is 1.22. The Morgan fingerprint density at radius 3 is 2.36 bits per heavy atom. The van der Waals surface area contributed by atoms with Gasteiger partial charge in [0.1, 0.15) is 5.82 Å². The molecule has 1 atom stereocenters. The van der Waals surface area contributed by atoms with Gasteiger partial charge >= 0.3 is 5.97 Å². The van der Waals surface area contributed by atoms with Crippen molar-refractivity contribution in [1.82, 2.24) is 5.32 Å². The van der Waals surface area contributed by atoms with Gasteiger partial charge < -0.3 is 15.2 Å². The Morgan fingerprint density at radius 1 is 1.27 bits per heavy atom. The van der Waals surface area contributed by atoms with Crippen LogP contribution in [0.1, 0.15) is 30.9 Å². The Bertz CT molecular complexity index is 593. The Balaban J connectivity index is 1.66. The summed E-state index contributed by atoms with van der Waals surface area (Å²) >= 11 is 0. The molecule has 3 aliphatic carbocycles. The van der Waals surface area contributed by atoms with Crippen LogP contribution in [0, 0.1) is 16.6 Å². The first-order valence-corrected chi connectivity index (χ1v) is 7.20. The van der Waals surface area contributed by atoms with E-state index in [9.17, 15) is 14.0 Å². The number of benzene rings is 1. The number of halogens is 1. The third kappa shape index (κ3) is 2.18. The first-order chi connectivity index (χ1) is 10.4. The number of methoxy groups -OCH3 is 1. The summed E-state index contributed by atoms with van der Waals surface area (Å²) in [5.41, 5.74) is -0.454. The topological polar surface area (TPSA) is 75.6 Å². The maximum atomic E-state index is 13.0. The van der Waals surface area contributed by atoms with Gasteiger partial charge in [-0.1, -0.05) is 12.1 Å². The summed E-state index contributed by atoms with van der Waals surface area (Å²) in [6.45, 7) is 0.275. The Labute approximate surface area is 127 Å². The molecule has 4 rings (SSSR count). The molecule has 0 heterocycles. The number of hydrogen-bond donors (Lipinski definition) is 2. The summed E-state index contributed by atoms with van der Waals surface area (Å²) < 4.78 is 18.1. The Morgan fingerprint density at radius 2 is 1.86 bits per heavy atom. The molecule has 0 aliphatic heterocycles. The number of carbonyl (C=O) groups excluding carboxylic acids is 1. The Hall–Kier alpha value is -1.95. The lowest BCUT2D eigenvalue weighted by Gasteiger charge is -2.66. The molecule has 2 bridgehead atoms. The van der Waals surface area contributed by atoms with Crippen LogP contribution in [-0.4, -0.2) is 30.7 Å². The van der Waals surface area contributed by atoms with E-state index in [1.807, 2.05) is 0 Å². The number of nitrogens with one attached hydrogen (secondary N) is 1. The van der Waals surface area contributed by atoms with Crippen LogP contribution in [0.2, 0.25) is 0 Å². The number of carbonyl (C=O) groups is 2. The van der Waals surface area contributed by atoms with E-state index in [4.69, 9.17) is 9.84 Å². The summed E-state index contributed by atoms with van der Waals surface area (Å²) in [5, 5.41) is 12.0. The second kappa shape index (κ2) is 5.05. The lowest BCUT2D eigenvalue weighted by atomic mass is 9.35. The summed E-state index contributed by atoms with van der Waals surface area (Å²) in [6, 6.07) is 5.53. The van der Waals surface area contributed by atoms with Crippen molar-refractivity contribution in [2.24, 2.45) is 10.8 Å². The molecule has 1 aromatic carbocycles. The van der Waals surface area contributed by atoms with Gasteiger partial charge in [0.15, 0.2) is 0 Å². The molecule has 0 spiro atoms. The number of aliphatic carboxylic acids is 1. The standard InChI is InChI=1S/C16H18FNO4/c1-22-6-12(10-2-4-11(17)5-3-10)18-13(19)15-7-16(8-15,9-15)14(20)21/h2-5,12H,6-9H2,1H3,(H,18,19)(H,20,21). The van der Waals surface area contributed by atoms with Crippen LogP contribution in [0.5, 0.6) is 0 Å². The summed E-state index contributed by atoms with van der Waals surface area (Å²) in [5.74, 6) is -1.29. The molecule has 2 N–H and O–H groups in total. The van der Waals surface area contributed by atoms with Gasteiger partial charge in [0.05, 0.1) is 23.5 Å². The molecule has 5 nitrogen and oxygen atoms in total. The van der Waals surface area contributed by atoms with E-state index >= 15 is 0 Å². The van der Waals surface area contributed by atoms with Crippen LogP contribution >= 0.6 is 0 Å². The predicted molar refractivity (Wildman–Crippen MR) is 75.5 cm³/mol. The third-order valence-corrected chi connectivity index (χ3v) is 4.88. The van der Waals surface area contributed by atoms with Gasteiger partial charge in [-0.3, -0.25) is 9.59 Å². The highest BCUT2D eigenvalue weighted by Gasteiger charge is 2.75. The van der Waals surface area contributed by atoms with Crippen molar-refractivity contribution in [3.63, 3.8) is 0 Å². The van der Waals surface area contributed by atoms with E-state index in [-0.39, 0.29) is 24.4 Å². The monoisotopic (exact) mass is 307 g/mol. The molecule has 6 heteroatoms. The third-order valence-electron chi connectivity index (χ3n) is 4.88. The molecular weight excluding hydrogens is 289 g/mol. The minimum absolute atomic E-state index is 0.137. The van der Waals surface area contributed by atoms with Crippen LogP contribution in [-0.2, 0) is 14.3 Å². The number of rotatable bonds is 6. The molecule has 22 heavy (non-hydrogen) atoms. The largest absolute Gasteiger partial charge is 0.481 e. The quantitative estimate of drug-likeness (QED) is 0.841. The number of amides is 1. The zero-order valence-corrected chi connectivity index (χ0v) is 12.3. The molecule has 3 saturated carbocycles. The predicted octanol–water partition coefficient (Wildman–Crippen LogP) is 1.88. The molecular formula is C16H18FNO4. The molecule has 1 amide bonds. The maximum absolute atomic E-state index is 13.0. The minimum atomic E-state index is -0.811. The molecule has 0 aromatic heterocycles.